The summed E-state index contributed by atoms with van der Waals surface area (Å²) in [6.07, 6.45) is 0.808. The lowest BCUT2D eigenvalue weighted by atomic mass is 10.0. The van der Waals surface area contributed by atoms with Gasteiger partial charge in [-0.1, -0.05) is 19.9 Å². The second-order valence-corrected chi connectivity index (χ2v) is 8.61. The number of aromatic nitrogens is 1. The summed E-state index contributed by atoms with van der Waals surface area (Å²) in [5.41, 5.74) is 1.91. The van der Waals surface area contributed by atoms with E-state index in [4.69, 9.17) is 9.15 Å². The normalized spacial score (nSPS) is 11.0. The van der Waals surface area contributed by atoms with Crippen molar-refractivity contribution in [3.63, 3.8) is 0 Å². The van der Waals surface area contributed by atoms with Crippen LogP contribution in [0, 0.1) is 12.8 Å². The Kier molecular flexibility index (Phi) is 6.31. The number of nitrogens with one attached hydrogen (secondary N) is 1. The highest BCUT2D eigenvalue weighted by Gasteiger charge is 2.23. The molecule has 28 heavy (non-hydrogen) atoms. The van der Waals surface area contributed by atoms with Crippen molar-refractivity contribution in [3.05, 3.63) is 45.5 Å². The molecule has 3 rings (SSSR count). The summed E-state index contributed by atoms with van der Waals surface area (Å²) in [7, 11) is 1.34. The third kappa shape index (κ3) is 4.51. The summed E-state index contributed by atoms with van der Waals surface area (Å²) in [4.78, 5) is 30.2. The Morgan fingerprint density at radius 1 is 1.32 bits per heavy atom. The van der Waals surface area contributed by atoms with E-state index < -0.39 is 5.97 Å². The minimum Gasteiger partial charge on any atom is -0.465 e. The Balaban J connectivity index is 1.77. The topological polar surface area (TPSA) is 81.4 Å². The number of aryl methyl sites for hydroxylation is 1. The van der Waals surface area contributed by atoms with Crippen molar-refractivity contribution in [1.82, 2.24) is 4.98 Å². The number of thiophene rings is 2. The number of anilines is 1. The van der Waals surface area contributed by atoms with Gasteiger partial charge in [-0.05, 0) is 41.7 Å². The SMILES string of the molecule is COC(=O)c1c(CC(C)C)csc1NC(=O)Cc1nc(-c2cccs2)oc1C. The van der Waals surface area contributed by atoms with Gasteiger partial charge in [0, 0.05) is 0 Å². The lowest BCUT2D eigenvalue weighted by molar-refractivity contribution is -0.115. The second kappa shape index (κ2) is 8.70. The van der Waals surface area contributed by atoms with Gasteiger partial charge < -0.3 is 14.5 Å². The van der Waals surface area contributed by atoms with Crippen molar-refractivity contribution >= 4 is 39.6 Å². The van der Waals surface area contributed by atoms with E-state index in [0.717, 1.165) is 16.9 Å². The molecule has 6 nitrogen and oxygen atoms in total. The maximum atomic E-state index is 12.6. The number of nitrogens with zero attached hydrogens (tertiary/aromatic N) is 1. The third-order valence-corrected chi connectivity index (χ3v) is 5.89. The Hall–Kier alpha value is -2.45. The standard InChI is InChI=1S/C20H22N2O4S2/c1-11(2)8-13-10-28-19(17(13)20(24)25-4)22-16(23)9-14-12(3)26-18(21-14)15-6-5-7-27-15/h5-7,10-11H,8-9H2,1-4H3,(H,22,23). The van der Waals surface area contributed by atoms with Crippen LogP contribution in [-0.2, 0) is 22.4 Å². The van der Waals surface area contributed by atoms with Gasteiger partial charge in [0.1, 0.15) is 10.8 Å². The van der Waals surface area contributed by atoms with Crippen LogP contribution in [0.15, 0.2) is 27.3 Å². The fraction of sp³-hybridized carbons (Fsp3) is 0.350. The highest BCUT2D eigenvalue weighted by atomic mass is 32.1. The zero-order chi connectivity index (χ0) is 20.3. The van der Waals surface area contributed by atoms with E-state index in [1.807, 2.05) is 22.9 Å². The van der Waals surface area contributed by atoms with Crippen molar-refractivity contribution in [3.8, 4) is 10.8 Å². The first-order chi connectivity index (χ1) is 13.4. The van der Waals surface area contributed by atoms with Gasteiger partial charge in [-0.3, -0.25) is 4.79 Å². The third-order valence-electron chi connectivity index (χ3n) is 4.09. The molecule has 0 unspecified atom stereocenters. The van der Waals surface area contributed by atoms with Crippen molar-refractivity contribution in [2.75, 3.05) is 12.4 Å². The number of oxazole rings is 1. The summed E-state index contributed by atoms with van der Waals surface area (Å²) in [6.45, 7) is 5.95. The van der Waals surface area contributed by atoms with Crippen LogP contribution in [0.2, 0.25) is 0 Å². The average Bonchev–Trinajstić information content (AvgIpc) is 3.36. The molecular weight excluding hydrogens is 396 g/mol. The first kappa shape index (κ1) is 20.3. The fourth-order valence-electron chi connectivity index (χ4n) is 2.82. The molecule has 1 amide bonds. The highest BCUT2D eigenvalue weighted by molar-refractivity contribution is 7.15. The van der Waals surface area contributed by atoms with E-state index in [1.165, 1.54) is 29.8 Å². The molecule has 0 fully saturated rings. The first-order valence-corrected chi connectivity index (χ1v) is 10.6. The van der Waals surface area contributed by atoms with Crippen LogP contribution in [0.1, 0.15) is 41.2 Å². The zero-order valence-corrected chi connectivity index (χ0v) is 17.8. The molecule has 0 radical (unpaired) electrons. The van der Waals surface area contributed by atoms with Gasteiger partial charge in [-0.2, -0.15) is 0 Å². The van der Waals surface area contributed by atoms with E-state index in [0.29, 0.717) is 33.8 Å². The summed E-state index contributed by atoms with van der Waals surface area (Å²) in [5, 5.41) is 7.19. The summed E-state index contributed by atoms with van der Waals surface area (Å²) < 4.78 is 10.6. The maximum absolute atomic E-state index is 12.6. The number of carbonyl (C=O) groups is 2. The van der Waals surface area contributed by atoms with Crippen molar-refractivity contribution in [2.24, 2.45) is 5.92 Å². The van der Waals surface area contributed by atoms with E-state index in [2.05, 4.69) is 24.1 Å². The van der Waals surface area contributed by atoms with Crippen LogP contribution in [-0.4, -0.2) is 24.0 Å². The molecule has 0 spiro atoms. The molecule has 0 aromatic carbocycles. The van der Waals surface area contributed by atoms with Crippen LogP contribution >= 0.6 is 22.7 Å². The number of hydrogen-bond donors (Lipinski definition) is 1. The molecule has 0 aliphatic rings. The molecule has 3 heterocycles. The number of esters is 1. The van der Waals surface area contributed by atoms with Crippen LogP contribution in [0.5, 0.6) is 0 Å². The summed E-state index contributed by atoms with van der Waals surface area (Å²) >= 11 is 2.86. The predicted octanol–water partition coefficient (Wildman–Crippen LogP) is 4.94. The molecule has 1 N–H and O–H groups in total. The molecule has 0 bridgehead atoms. The number of ether oxygens (including phenoxy) is 1. The van der Waals surface area contributed by atoms with E-state index in [9.17, 15) is 9.59 Å². The Labute approximate surface area is 171 Å². The van der Waals surface area contributed by atoms with Crippen molar-refractivity contribution in [2.45, 2.75) is 33.6 Å². The minimum atomic E-state index is -0.440. The van der Waals surface area contributed by atoms with Crippen molar-refractivity contribution in [1.29, 1.82) is 0 Å². The largest absolute Gasteiger partial charge is 0.465 e. The average molecular weight is 419 g/mol. The van der Waals surface area contributed by atoms with E-state index in [1.54, 1.807) is 6.92 Å². The first-order valence-electron chi connectivity index (χ1n) is 8.87. The van der Waals surface area contributed by atoms with Crippen LogP contribution in [0.3, 0.4) is 0 Å². The predicted molar refractivity (Wildman–Crippen MR) is 111 cm³/mol. The lowest BCUT2D eigenvalue weighted by Gasteiger charge is -2.08. The number of methoxy groups -OCH3 is 1. The molecular formula is C20H22N2O4S2. The fourth-order valence-corrected chi connectivity index (χ4v) is 4.45. The zero-order valence-electron chi connectivity index (χ0n) is 16.2. The molecule has 148 valence electrons. The Morgan fingerprint density at radius 2 is 2.11 bits per heavy atom. The lowest BCUT2D eigenvalue weighted by Crippen LogP contribution is -2.17. The molecule has 3 aromatic rings. The number of amides is 1. The van der Waals surface area contributed by atoms with Gasteiger partial charge in [0.2, 0.25) is 11.8 Å². The van der Waals surface area contributed by atoms with Crippen LogP contribution in [0.4, 0.5) is 5.00 Å². The van der Waals surface area contributed by atoms with E-state index in [-0.39, 0.29) is 12.3 Å². The summed E-state index contributed by atoms with van der Waals surface area (Å²) in [5.74, 6) is 0.816. The second-order valence-electron chi connectivity index (χ2n) is 6.78. The molecule has 0 aliphatic carbocycles. The van der Waals surface area contributed by atoms with Gasteiger partial charge >= 0.3 is 5.97 Å². The van der Waals surface area contributed by atoms with Crippen LogP contribution in [0.25, 0.3) is 10.8 Å². The Morgan fingerprint density at radius 3 is 2.75 bits per heavy atom. The molecule has 0 aliphatic heterocycles. The van der Waals surface area contributed by atoms with Crippen LogP contribution < -0.4 is 5.32 Å². The van der Waals surface area contributed by atoms with Gasteiger partial charge in [0.15, 0.2) is 0 Å². The van der Waals surface area contributed by atoms with Gasteiger partial charge in [-0.25, -0.2) is 9.78 Å². The highest BCUT2D eigenvalue weighted by Crippen LogP contribution is 2.31. The van der Waals surface area contributed by atoms with E-state index >= 15 is 0 Å². The number of rotatable bonds is 7. The van der Waals surface area contributed by atoms with Gasteiger partial charge in [0.05, 0.1) is 29.7 Å². The molecule has 3 aromatic heterocycles. The maximum Gasteiger partial charge on any atom is 0.341 e. The molecule has 0 saturated carbocycles. The smallest absolute Gasteiger partial charge is 0.341 e. The summed E-state index contributed by atoms with van der Waals surface area (Å²) in [6, 6.07) is 3.84. The Bertz CT molecular complexity index is 971. The monoisotopic (exact) mass is 418 g/mol. The van der Waals surface area contributed by atoms with Gasteiger partial charge in [-0.15, -0.1) is 22.7 Å². The minimum absolute atomic E-state index is 0.0682. The van der Waals surface area contributed by atoms with Crippen molar-refractivity contribution < 1.29 is 18.7 Å². The molecule has 8 heteroatoms. The molecule has 0 saturated heterocycles. The number of hydrogen-bond acceptors (Lipinski definition) is 7. The quantitative estimate of drug-likeness (QED) is 0.550. The van der Waals surface area contributed by atoms with Gasteiger partial charge in [0.25, 0.3) is 0 Å². The molecule has 0 atom stereocenters. The number of carbonyl (C=O) groups excluding carboxylic acids is 2.